The molecular weight excluding hydrogens is 297 g/mol. The van der Waals surface area contributed by atoms with Gasteiger partial charge in [-0.15, -0.1) is 0 Å². The van der Waals surface area contributed by atoms with Gasteiger partial charge in [-0.2, -0.15) is 13.2 Å². The molecule has 0 amide bonds. The lowest BCUT2D eigenvalue weighted by Crippen LogP contribution is -2.37. The Morgan fingerprint density at radius 1 is 1.35 bits per heavy atom. The van der Waals surface area contributed by atoms with Gasteiger partial charge in [0.05, 0.1) is 0 Å². The number of halogens is 4. The lowest BCUT2D eigenvalue weighted by atomic mass is 10.0. The third-order valence-electron chi connectivity index (χ3n) is 2.38. The zero-order valence-electron chi connectivity index (χ0n) is 9.10. The fourth-order valence-electron chi connectivity index (χ4n) is 1.53. The van der Waals surface area contributed by atoms with Crippen LogP contribution in [0.4, 0.5) is 13.2 Å². The van der Waals surface area contributed by atoms with E-state index in [4.69, 9.17) is 5.84 Å². The Morgan fingerprint density at radius 3 is 2.59 bits per heavy atom. The largest absolute Gasteiger partial charge is 0.389 e. The zero-order valence-corrected chi connectivity index (χ0v) is 10.7. The van der Waals surface area contributed by atoms with Crippen LogP contribution in [0.5, 0.6) is 0 Å². The van der Waals surface area contributed by atoms with E-state index < -0.39 is 12.6 Å². The van der Waals surface area contributed by atoms with E-state index in [9.17, 15) is 13.2 Å². The van der Waals surface area contributed by atoms with Crippen LogP contribution < -0.4 is 11.3 Å². The predicted octanol–water partition coefficient (Wildman–Crippen LogP) is 3.17. The third-order valence-corrected chi connectivity index (χ3v) is 2.88. The van der Waals surface area contributed by atoms with E-state index in [1.807, 2.05) is 24.3 Å². The first-order valence-corrected chi connectivity index (χ1v) is 5.97. The highest BCUT2D eigenvalue weighted by Gasteiger charge is 2.28. The van der Waals surface area contributed by atoms with Crippen molar-refractivity contribution < 1.29 is 13.2 Å². The van der Waals surface area contributed by atoms with E-state index in [1.54, 1.807) is 0 Å². The van der Waals surface area contributed by atoms with Gasteiger partial charge in [0.25, 0.3) is 0 Å². The first kappa shape index (κ1) is 14.5. The van der Waals surface area contributed by atoms with Crippen LogP contribution in [0.3, 0.4) is 0 Å². The third kappa shape index (κ3) is 6.05. The molecule has 3 N–H and O–H groups in total. The van der Waals surface area contributed by atoms with Crippen LogP contribution in [0.15, 0.2) is 28.7 Å². The lowest BCUT2D eigenvalue weighted by molar-refractivity contribution is -0.136. The van der Waals surface area contributed by atoms with E-state index in [2.05, 4.69) is 21.4 Å². The first-order valence-electron chi connectivity index (χ1n) is 5.18. The summed E-state index contributed by atoms with van der Waals surface area (Å²) in [6, 6.07) is 7.08. The Kier molecular flexibility index (Phi) is 5.42. The van der Waals surface area contributed by atoms with Crippen LogP contribution in [-0.2, 0) is 6.42 Å². The zero-order chi connectivity index (χ0) is 12.9. The molecular formula is C11H14BrF3N2. The molecule has 17 heavy (non-hydrogen) atoms. The number of nitrogens with two attached hydrogens (primary N) is 1. The number of rotatable bonds is 5. The second kappa shape index (κ2) is 6.37. The minimum atomic E-state index is -4.13. The predicted molar refractivity (Wildman–Crippen MR) is 64.2 cm³/mol. The van der Waals surface area contributed by atoms with Crippen molar-refractivity contribution in [2.45, 2.75) is 31.5 Å². The number of nitrogens with one attached hydrogen (secondary N) is 1. The molecule has 1 aromatic rings. The fourth-order valence-corrected chi connectivity index (χ4v) is 1.98. The summed E-state index contributed by atoms with van der Waals surface area (Å²) in [5.74, 6) is 5.26. The number of hydrogen-bond donors (Lipinski definition) is 2. The average Bonchev–Trinajstić information content (AvgIpc) is 2.23. The van der Waals surface area contributed by atoms with Crippen LogP contribution in [0.1, 0.15) is 18.4 Å². The molecule has 1 unspecified atom stereocenters. The molecule has 0 heterocycles. The number of hydrazine groups is 1. The molecule has 0 aromatic heterocycles. The average molecular weight is 311 g/mol. The van der Waals surface area contributed by atoms with Crippen molar-refractivity contribution in [2.24, 2.45) is 5.84 Å². The van der Waals surface area contributed by atoms with Crippen molar-refractivity contribution in [1.29, 1.82) is 0 Å². The summed E-state index contributed by atoms with van der Waals surface area (Å²) < 4.78 is 37.1. The van der Waals surface area contributed by atoms with Crippen molar-refractivity contribution >= 4 is 15.9 Å². The highest BCUT2D eigenvalue weighted by molar-refractivity contribution is 9.10. The second-order valence-corrected chi connectivity index (χ2v) is 4.77. The maximum absolute atomic E-state index is 12.1. The molecule has 1 rings (SSSR count). The SMILES string of the molecule is NNC(CCC(F)(F)F)Cc1cccc(Br)c1. The molecule has 0 saturated heterocycles. The highest BCUT2D eigenvalue weighted by Crippen LogP contribution is 2.23. The van der Waals surface area contributed by atoms with Gasteiger partial charge in [-0.3, -0.25) is 11.3 Å². The van der Waals surface area contributed by atoms with E-state index in [1.165, 1.54) is 0 Å². The van der Waals surface area contributed by atoms with Crippen molar-refractivity contribution in [3.05, 3.63) is 34.3 Å². The van der Waals surface area contributed by atoms with E-state index in [0.717, 1.165) is 10.0 Å². The van der Waals surface area contributed by atoms with Crippen LogP contribution in [0, 0.1) is 0 Å². The Morgan fingerprint density at radius 2 is 2.06 bits per heavy atom. The van der Waals surface area contributed by atoms with E-state index >= 15 is 0 Å². The fraction of sp³-hybridized carbons (Fsp3) is 0.455. The molecule has 0 aliphatic rings. The van der Waals surface area contributed by atoms with Gasteiger partial charge in [0.2, 0.25) is 0 Å². The molecule has 6 heteroatoms. The molecule has 0 radical (unpaired) electrons. The van der Waals surface area contributed by atoms with Crippen molar-refractivity contribution in [1.82, 2.24) is 5.43 Å². The van der Waals surface area contributed by atoms with Crippen LogP contribution in [0.2, 0.25) is 0 Å². The summed E-state index contributed by atoms with van der Waals surface area (Å²) in [6.45, 7) is 0. The molecule has 0 saturated carbocycles. The van der Waals surface area contributed by atoms with Gasteiger partial charge in [-0.1, -0.05) is 28.1 Å². The summed E-state index contributed by atoms with van der Waals surface area (Å²) in [5, 5.41) is 0. The summed E-state index contributed by atoms with van der Waals surface area (Å²) >= 11 is 3.31. The Hall–Kier alpha value is -0.590. The highest BCUT2D eigenvalue weighted by atomic mass is 79.9. The maximum atomic E-state index is 12.1. The molecule has 0 aliphatic carbocycles. The van der Waals surface area contributed by atoms with Gasteiger partial charge >= 0.3 is 6.18 Å². The summed E-state index contributed by atoms with van der Waals surface area (Å²) in [5.41, 5.74) is 3.38. The van der Waals surface area contributed by atoms with Crippen LogP contribution >= 0.6 is 15.9 Å². The Labute approximate surface area is 106 Å². The second-order valence-electron chi connectivity index (χ2n) is 3.85. The molecule has 96 valence electrons. The normalized spacial score (nSPS) is 13.7. The van der Waals surface area contributed by atoms with Crippen molar-refractivity contribution in [3.8, 4) is 0 Å². The molecule has 2 nitrogen and oxygen atoms in total. The molecule has 0 fully saturated rings. The maximum Gasteiger partial charge on any atom is 0.389 e. The van der Waals surface area contributed by atoms with Gasteiger partial charge in [0.15, 0.2) is 0 Å². The van der Waals surface area contributed by atoms with Gasteiger partial charge in [0.1, 0.15) is 0 Å². The molecule has 1 atom stereocenters. The van der Waals surface area contributed by atoms with Crippen LogP contribution in [-0.4, -0.2) is 12.2 Å². The van der Waals surface area contributed by atoms with Crippen LogP contribution in [0.25, 0.3) is 0 Å². The molecule has 1 aromatic carbocycles. The quantitative estimate of drug-likeness (QED) is 0.647. The topological polar surface area (TPSA) is 38.0 Å². The summed E-state index contributed by atoms with van der Waals surface area (Å²) in [4.78, 5) is 0. The van der Waals surface area contributed by atoms with Gasteiger partial charge in [-0.05, 0) is 30.5 Å². The minimum absolute atomic E-state index is 0.0213. The molecule has 0 aliphatic heterocycles. The molecule has 0 bridgehead atoms. The Bertz CT molecular complexity index is 355. The van der Waals surface area contributed by atoms with Gasteiger partial charge in [-0.25, -0.2) is 0 Å². The number of benzene rings is 1. The van der Waals surface area contributed by atoms with Crippen molar-refractivity contribution in [2.75, 3.05) is 0 Å². The molecule has 0 spiro atoms. The standard InChI is InChI=1S/C11H14BrF3N2/c12-9-3-1-2-8(6-9)7-10(17-16)4-5-11(13,14)15/h1-3,6,10,17H,4-5,7,16H2. The first-order chi connectivity index (χ1) is 7.90. The summed E-state index contributed by atoms with van der Waals surface area (Å²) in [7, 11) is 0. The van der Waals surface area contributed by atoms with E-state index in [-0.39, 0.29) is 12.5 Å². The minimum Gasteiger partial charge on any atom is -0.271 e. The smallest absolute Gasteiger partial charge is 0.271 e. The number of hydrogen-bond acceptors (Lipinski definition) is 2. The monoisotopic (exact) mass is 310 g/mol. The Balaban J connectivity index is 2.52. The van der Waals surface area contributed by atoms with Gasteiger partial charge in [0, 0.05) is 16.9 Å². The van der Waals surface area contributed by atoms with Gasteiger partial charge < -0.3 is 0 Å². The van der Waals surface area contributed by atoms with Crippen molar-refractivity contribution in [3.63, 3.8) is 0 Å². The lowest BCUT2D eigenvalue weighted by Gasteiger charge is -2.17. The number of alkyl halides is 3. The van der Waals surface area contributed by atoms with E-state index in [0.29, 0.717) is 6.42 Å². The summed E-state index contributed by atoms with van der Waals surface area (Å²) in [6.07, 6.45) is -4.50.